The molecule has 0 aliphatic carbocycles. The second-order valence-electron chi connectivity index (χ2n) is 5.66. The van der Waals surface area contributed by atoms with Crippen LogP contribution in [0.25, 0.3) is 0 Å². The van der Waals surface area contributed by atoms with Gasteiger partial charge in [-0.1, -0.05) is 12.1 Å². The van der Waals surface area contributed by atoms with E-state index in [1.165, 1.54) is 0 Å². The van der Waals surface area contributed by atoms with Crippen molar-refractivity contribution in [2.45, 2.75) is 26.0 Å². The molecule has 6 nitrogen and oxygen atoms in total. The number of carbonyl (C=O) groups is 1. The minimum Gasteiger partial charge on any atom is -0.489 e. The Bertz CT molecular complexity index is 654. The maximum Gasteiger partial charge on any atom is 0.241 e. The number of ether oxygens (including phenoxy) is 1. The van der Waals surface area contributed by atoms with Crippen molar-refractivity contribution in [1.29, 1.82) is 0 Å². The first-order valence-electron chi connectivity index (χ1n) is 7.66. The first-order chi connectivity index (χ1) is 11.0. The minimum atomic E-state index is -0.421. The van der Waals surface area contributed by atoms with Crippen molar-refractivity contribution in [3.63, 3.8) is 0 Å². The van der Waals surface area contributed by atoms with Crippen molar-refractivity contribution in [2.75, 3.05) is 13.6 Å². The van der Waals surface area contributed by atoms with Crippen molar-refractivity contribution in [2.24, 2.45) is 7.05 Å². The van der Waals surface area contributed by atoms with E-state index < -0.39 is 6.04 Å². The Balaban J connectivity index is 1.87. The summed E-state index contributed by atoms with van der Waals surface area (Å²) in [6, 6.07) is 7.44. The number of hydrogen-bond donors (Lipinski definition) is 2. The number of nitrogens with zero attached hydrogens (tertiary/aromatic N) is 2. The molecule has 1 aromatic carbocycles. The molecule has 0 radical (unpaired) electrons. The van der Waals surface area contributed by atoms with Crippen LogP contribution >= 0.6 is 0 Å². The summed E-state index contributed by atoms with van der Waals surface area (Å²) in [4.78, 5) is 12.3. The van der Waals surface area contributed by atoms with Crippen LogP contribution in [0.15, 0.2) is 36.7 Å². The van der Waals surface area contributed by atoms with Gasteiger partial charge in [-0.2, -0.15) is 5.10 Å². The normalized spacial score (nSPS) is 13.4. The van der Waals surface area contributed by atoms with Crippen LogP contribution in [0.1, 0.15) is 24.1 Å². The standard InChI is InChI=1S/C17H24N4O2/c1-12-6-5-7-15(8-12)23-13(2)9-19-17(22)16(18-3)14-10-20-21(4)11-14/h5-8,10-11,13,16,18H,9H2,1-4H3,(H,19,22). The largest absolute Gasteiger partial charge is 0.489 e. The van der Waals surface area contributed by atoms with Crippen LogP contribution in [-0.2, 0) is 11.8 Å². The SMILES string of the molecule is CNC(C(=O)NCC(C)Oc1cccc(C)c1)c1cnn(C)c1. The van der Waals surface area contributed by atoms with Crippen LogP contribution in [-0.4, -0.2) is 35.4 Å². The molecule has 1 heterocycles. The van der Waals surface area contributed by atoms with Gasteiger partial charge in [0.15, 0.2) is 0 Å². The van der Waals surface area contributed by atoms with Crippen molar-refractivity contribution in [3.8, 4) is 5.75 Å². The van der Waals surface area contributed by atoms with Gasteiger partial charge in [0.25, 0.3) is 0 Å². The zero-order chi connectivity index (χ0) is 16.8. The lowest BCUT2D eigenvalue weighted by Gasteiger charge is -2.18. The van der Waals surface area contributed by atoms with Crippen LogP contribution in [0.4, 0.5) is 0 Å². The highest BCUT2D eigenvalue weighted by Crippen LogP contribution is 2.14. The Morgan fingerprint density at radius 1 is 1.43 bits per heavy atom. The van der Waals surface area contributed by atoms with Crippen LogP contribution in [0.3, 0.4) is 0 Å². The van der Waals surface area contributed by atoms with Gasteiger partial charge >= 0.3 is 0 Å². The fourth-order valence-electron chi connectivity index (χ4n) is 2.35. The molecule has 0 fully saturated rings. The summed E-state index contributed by atoms with van der Waals surface area (Å²) in [7, 11) is 3.58. The number of benzene rings is 1. The predicted molar refractivity (Wildman–Crippen MR) is 89.3 cm³/mol. The average Bonchev–Trinajstić information content (AvgIpc) is 2.92. The molecule has 2 unspecified atom stereocenters. The first-order valence-corrected chi connectivity index (χ1v) is 7.66. The number of aromatic nitrogens is 2. The number of likely N-dealkylation sites (N-methyl/N-ethyl adjacent to an activating group) is 1. The maximum atomic E-state index is 12.3. The third-order valence-electron chi connectivity index (χ3n) is 3.50. The zero-order valence-electron chi connectivity index (χ0n) is 14.0. The van der Waals surface area contributed by atoms with Gasteiger partial charge in [0.2, 0.25) is 5.91 Å². The second kappa shape index (κ2) is 7.78. The smallest absolute Gasteiger partial charge is 0.241 e. The van der Waals surface area contributed by atoms with E-state index in [0.29, 0.717) is 6.54 Å². The lowest BCUT2D eigenvalue weighted by atomic mass is 10.1. The molecular formula is C17H24N4O2. The summed E-state index contributed by atoms with van der Waals surface area (Å²) in [5.41, 5.74) is 1.98. The van der Waals surface area contributed by atoms with Crippen LogP contribution < -0.4 is 15.4 Å². The highest BCUT2D eigenvalue weighted by atomic mass is 16.5. The van der Waals surface area contributed by atoms with Crippen molar-refractivity contribution >= 4 is 5.91 Å². The molecule has 2 atom stereocenters. The molecule has 0 aliphatic rings. The highest BCUT2D eigenvalue weighted by molar-refractivity contribution is 5.83. The fourth-order valence-corrected chi connectivity index (χ4v) is 2.35. The van der Waals surface area contributed by atoms with E-state index in [1.807, 2.05) is 51.4 Å². The fraction of sp³-hybridized carbons (Fsp3) is 0.412. The van der Waals surface area contributed by atoms with Crippen LogP contribution in [0.2, 0.25) is 0 Å². The van der Waals surface area contributed by atoms with Crippen LogP contribution in [0.5, 0.6) is 5.75 Å². The van der Waals surface area contributed by atoms with Gasteiger partial charge in [0, 0.05) is 18.8 Å². The van der Waals surface area contributed by atoms with Gasteiger partial charge in [0.05, 0.1) is 12.7 Å². The van der Waals surface area contributed by atoms with E-state index in [4.69, 9.17) is 4.74 Å². The molecule has 0 spiro atoms. The Labute approximate surface area is 136 Å². The van der Waals surface area contributed by atoms with Gasteiger partial charge in [0.1, 0.15) is 17.9 Å². The van der Waals surface area contributed by atoms with E-state index in [-0.39, 0.29) is 12.0 Å². The summed E-state index contributed by atoms with van der Waals surface area (Å²) in [6.07, 6.45) is 3.40. The molecule has 124 valence electrons. The van der Waals surface area contributed by atoms with E-state index in [0.717, 1.165) is 16.9 Å². The number of nitrogens with one attached hydrogen (secondary N) is 2. The van der Waals surface area contributed by atoms with Gasteiger partial charge in [-0.3, -0.25) is 9.48 Å². The van der Waals surface area contributed by atoms with E-state index >= 15 is 0 Å². The molecule has 2 aromatic rings. The summed E-state index contributed by atoms with van der Waals surface area (Å²) < 4.78 is 7.49. The maximum absolute atomic E-state index is 12.3. The van der Waals surface area contributed by atoms with E-state index in [1.54, 1.807) is 17.9 Å². The highest BCUT2D eigenvalue weighted by Gasteiger charge is 2.20. The molecule has 0 aliphatic heterocycles. The summed E-state index contributed by atoms with van der Waals surface area (Å²) in [5, 5.41) is 10.0. The van der Waals surface area contributed by atoms with Crippen molar-refractivity contribution < 1.29 is 9.53 Å². The van der Waals surface area contributed by atoms with E-state index in [2.05, 4.69) is 15.7 Å². The van der Waals surface area contributed by atoms with Gasteiger partial charge in [-0.05, 0) is 38.6 Å². The molecule has 0 saturated heterocycles. The Hall–Kier alpha value is -2.34. The average molecular weight is 316 g/mol. The Kier molecular flexibility index (Phi) is 5.76. The Morgan fingerprint density at radius 2 is 2.22 bits per heavy atom. The quantitative estimate of drug-likeness (QED) is 0.814. The summed E-state index contributed by atoms with van der Waals surface area (Å²) in [5.74, 6) is 0.712. The number of rotatable bonds is 7. The topological polar surface area (TPSA) is 68.2 Å². The molecule has 0 saturated carbocycles. The van der Waals surface area contributed by atoms with Crippen molar-refractivity contribution in [3.05, 3.63) is 47.8 Å². The number of amides is 1. The van der Waals surface area contributed by atoms with Crippen LogP contribution in [0, 0.1) is 6.92 Å². The molecule has 1 aromatic heterocycles. The lowest BCUT2D eigenvalue weighted by Crippen LogP contribution is -2.40. The van der Waals surface area contributed by atoms with Gasteiger partial charge in [-0.25, -0.2) is 0 Å². The molecule has 0 bridgehead atoms. The third-order valence-corrected chi connectivity index (χ3v) is 3.50. The first kappa shape index (κ1) is 17.0. The van der Waals surface area contributed by atoms with E-state index in [9.17, 15) is 4.79 Å². The summed E-state index contributed by atoms with van der Waals surface area (Å²) in [6.45, 7) is 4.39. The molecule has 2 rings (SSSR count). The molecular weight excluding hydrogens is 292 g/mol. The number of carbonyl (C=O) groups excluding carboxylic acids is 1. The third kappa shape index (κ3) is 4.82. The molecule has 2 N–H and O–H groups in total. The van der Waals surface area contributed by atoms with Gasteiger partial charge in [-0.15, -0.1) is 0 Å². The monoisotopic (exact) mass is 316 g/mol. The number of aryl methyl sites for hydroxylation is 2. The number of hydrogen-bond acceptors (Lipinski definition) is 4. The lowest BCUT2D eigenvalue weighted by molar-refractivity contribution is -0.123. The molecule has 23 heavy (non-hydrogen) atoms. The molecule has 6 heteroatoms. The zero-order valence-corrected chi connectivity index (χ0v) is 14.0. The Morgan fingerprint density at radius 3 is 2.83 bits per heavy atom. The second-order valence-corrected chi connectivity index (χ2v) is 5.66. The van der Waals surface area contributed by atoms with Crippen molar-refractivity contribution in [1.82, 2.24) is 20.4 Å². The van der Waals surface area contributed by atoms with Gasteiger partial charge < -0.3 is 15.4 Å². The molecule has 1 amide bonds. The summed E-state index contributed by atoms with van der Waals surface area (Å²) >= 11 is 0. The minimum absolute atomic E-state index is 0.0970. The predicted octanol–water partition coefficient (Wildman–Crippen LogP) is 1.57.